The molecule has 4 heteroatoms. The maximum absolute atomic E-state index is 8.63. The molecular weight excluding hydrogens is 194 g/mol. The number of aliphatic hydroxyl groups is 1. The Morgan fingerprint density at radius 3 is 2.67 bits per heavy atom. The predicted octanol–water partition coefficient (Wildman–Crippen LogP) is 2.83. The van der Waals surface area contributed by atoms with Crippen molar-refractivity contribution in [2.24, 2.45) is 0 Å². The molecule has 0 spiro atoms. The molecule has 12 heavy (non-hydrogen) atoms. The number of aromatic nitrogens is 1. The highest BCUT2D eigenvalue weighted by molar-refractivity contribution is 7.16. The first kappa shape index (κ1) is 11.6. The molecule has 0 saturated heterocycles. The van der Waals surface area contributed by atoms with Crippen molar-refractivity contribution in [1.29, 1.82) is 0 Å². The Labute approximate surface area is 81.5 Å². The van der Waals surface area contributed by atoms with E-state index in [2.05, 4.69) is 11.6 Å². The van der Waals surface area contributed by atoms with Crippen LogP contribution in [0.25, 0.3) is 5.57 Å². The van der Waals surface area contributed by atoms with Crippen LogP contribution < -0.4 is 0 Å². The highest BCUT2D eigenvalue weighted by Crippen LogP contribution is 2.23. The summed E-state index contributed by atoms with van der Waals surface area (Å²) in [5.74, 6) is 0. The lowest BCUT2D eigenvalue weighted by atomic mass is 10.3. The van der Waals surface area contributed by atoms with Crippen LogP contribution in [0.15, 0.2) is 12.8 Å². The third-order valence-corrected chi connectivity index (χ3v) is 2.23. The molecule has 0 aliphatic rings. The van der Waals surface area contributed by atoms with Crippen molar-refractivity contribution in [2.75, 3.05) is 6.61 Å². The topological polar surface area (TPSA) is 33.1 Å². The standard InChI is InChI=1S/C6H6ClNOS.C2H6/c1-4(3-9)5-2-8-6(7)10-5;1-2/h2,9H,1,3H2;1-2H3. The molecule has 0 amide bonds. The molecule has 1 heterocycles. The molecule has 0 aliphatic heterocycles. The molecular formula is C8H12ClNOS. The second-order valence-corrected chi connectivity index (χ2v) is 3.35. The largest absolute Gasteiger partial charge is 0.392 e. The molecule has 2 nitrogen and oxygen atoms in total. The molecule has 68 valence electrons. The SMILES string of the molecule is C=C(CO)c1cnc(Cl)s1.CC. The van der Waals surface area contributed by atoms with E-state index in [1.807, 2.05) is 13.8 Å². The van der Waals surface area contributed by atoms with Gasteiger partial charge < -0.3 is 5.11 Å². The van der Waals surface area contributed by atoms with Crippen molar-refractivity contribution in [2.45, 2.75) is 13.8 Å². The van der Waals surface area contributed by atoms with Gasteiger partial charge in [-0.2, -0.15) is 0 Å². The van der Waals surface area contributed by atoms with Gasteiger partial charge in [0, 0.05) is 6.20 Å². The Balaban J connectivity index is 0.000000561. The van der Waals surface area contributed by atoms with Crippen LogP contribution in [0.5, 0.6) is 0 Å². The number of thiazole rings is 1. The summed E-state index contributed by atoms with van der Waals surface area (Å²) >= 11 is 6.86. The maximum atomic E-state index is 8.63. The van der Waals surface area contributed by atoms with E-state index in [9.17, 15) is 0 Å². The van der Waals surface area contributed by atoms with Crippen LogP contribution in [0.1, 0.15) is 18.7 Å². The lowest BCUT2D eigenvalue weighted by molar-refractivity contribution is 0.350. The summed E-state index contributed by atoms with van der Waals surface area (Å²) in [4.78, 5) is 4.64. The summed E-state index contributed by atoms with van der Waals surface area (Å²) in [6, 6.07) is 0. The van der Waals surface area contributed by atoms with Crippen molar-refractivity contribution in [3.05, 3.63) is 22.1 Å². The zero-order valence-electron chi connectivity index (χ0n) is 7.17. The van der Waals surface area contributed by atoms with Gasteiger partial charge in [0.1, 0.15) is 0 Å². The van der Waals surface area contributed by atoms with Gasteiger partial charge in [0.25, 0.3) is 0 Å². The quantitative estimate of drug-likeness (QED) is 0.806. The van der Waals surface area contributed by atoms with Crippen LogP contribution in [0, 0.1) is 0 Å². The maximum Gasteiger partial charge on any atom is 0.184 e. The summed E-state index contributed by atoms with van der Waals surface area (Å²) in [5, 5.41) is 8.63. The van der Waals surface area contributed by atoms with Crippen LogP contribution >= 0.6 is 22.9 Å². The van der Waals surface area contributed by atoms with E-state index in [1.54, 1.807) is 6.20 Å². The second kappa shape index (κ2) is 6.17. The first-order chi connectivity index (χ1) is 5.74. The van der Waals surface area contributed by atoms with Gasteiger partial charge in [-0.05, 0) is 5.57 Å². The van der Waals surface area contributed by atoms with Crippen LogP contribution in [0.2, 0.25) is 4.47 Å². The smallest absolute Gasteiger partial charge is 0.184 e. The zero-order valence-corrected chi connectivity index (χ0v) is 8.74. The van der Waals surface area contributed by atoms with Crippen LogP contribution in [0.4, 0.5) is 0 Å². The molecule has 0 fully saturated rings. The Hall–Kier alpha value is -0.380. The first-order valence-corrected chi connectivity index (χ1v) is 4.84. The van der Waals surface area contributed by atoms with Gasteiger partial charge in [0.15, 0.2) is 4.47 Å². The molecule has 1 aromatic heterocycles. The third kappa shape index (κ3) is 3.34. The average molecular weight is 206 g/mol. The molecule has 0 aliphatic carbocycles. The summed E-state index contributed by atoms with van der Waals surface area (Å²) in [6.45, 7) is 7.58. The summed E-state index contributed by atoms with van der Waals surface area (Å²) in [5.41, 5.74) is 0.657. The number of halogens is 1. The van der Waals surface area contributed by atoms with E-state index in [0.717, 1.165) is 4.88 Å². The second-order valence-electron chi connectivity index (χ2n) is 1.74. The van der Waals surface area contributed by atoms with Gasteiger partial charge in [-0.3, -0.25) is 0 Å². The minimum atomic E-state index is -0.0431. The van der Waals surface area contributed by atoms with Crippen molar-refractivity contribution in [3.8, 4) is 0 Å². The van der Waals surface area contributed by atoms with Gasteiger partial charge >= 0.3 is 0 Å². The van der Waals surface area contributed by atoms with Gasteiger partial charge in [0.2, 0.25) is 0 Å². The Bertz CT molecular complexity index is 247. The summed E-state index contributed by atoms with van der Waals surface area (Å²) in [6.07, 6.45) is 1.60. The fraction of sp³-hybridized carbons (Fsp3) is 0.375. The van der Waals surface area contributed by atoms with Crippen molar-refractivity contribution in [3.63, 3.8) is 0 Å². The molecule has 0 aromatic carbocycles. The highest BCUT2D eigenvalue weighted by atomic mass is 35.5. The molecule has 1 aromatic rings. The third-order valence-electron chi connectivity index (χ3n) is 1.02. The summed E-state index contributed by atoms with van der Waals surface area (Å²) in [7, 11) is 0. The van der Waals surface area contributed by atoms with Crippen molar-refractivity contribution in [1.82, 2.24) is 4.98 Å². The van der Waals surface area contributed by atoms with Gasteiger partial charge in [-0.15, -0.1) is 11.3 Å². The van der Waals surface area contributed by atoms with Crippen LogP contribution in [-0.2, 0) is 0 Å². The molecule has 0 atom stereocenters. The van der Waals surface area contributed by atoms with Crippen LogP contribution in [0.3, 0.4) is 0 Å². The zero-order chi connectivity index (χ0) is 9.56. The van der Waals surface area contributed by atoms with E-state index in [1.165, 1.54) is 11.3 Å². The molecule has 0 radical (unpaired) electrons. The number of hydrogen-bond acceptors (Lipinski definition) is 3. The molecule has 1 N–H and O–H groups in total. The van der Waals surface area contributed by atoms with Gasteiger partial charge in [0.05, 0.1) is 11.5 Å². The number of aliphatic hydroxyl groups excluding tert-OH is 1. The van der Waals surface area contributed by atoms with E-state index in [-0.39, 0.29) is 6.61 Å². The highest BCUT2D eigenvalue weighted by Gasteiger charge is 2.01. The molecule has 1 rings (SSSR count). The fourth-order valence-corrected chi connectivity index (χ4v) is 1.39. The number of hydrogen-bond donors (Lipinski definition) is 1. The Morgan fingerprint density at radius 1 is 1.75 bits per heavy atom. The average Bonchev–Trinajstić information content (AvgIpc) is 2.54. The predicted molar refractivity (Wildman–Crippen MR) is 54.6 cm³/mol. The van der Waals surface area contributed by atoms with Gasteiger partial charge in [-0.1, -0.05) is 32.0 Å². The molecule has 0 bridgehead atoms. The normalized spacial score (nSPS) is 8.67. The van der Waals surface area contributed by atoms with Gasteiger partial charge in [-0.25, -0.2) is 4.98 Å². The molecule has 0 saturated carbocycles. The Kier molecular flexibility index (Phi) is 5.98. The van der Waals surface area contributed by atoms with E-state index in [0.29, 0.717) is 10.0 Å². The number of rotatable bonds is 2. The van der Waals surface area contributed by atoms with Crippen molar-refractivity contribution >= 4 is 28.5 Å². The van der Waals surface area contributed by atoms with E-state index in [4.69, 9.17) is 16.7 Å². The summed E-state index contributed by atoms with van der Waals surface area (Å²) < 4.78 is 0.476. The minimum absolute atomic E-state index is 0.0431. The lowest BCUT2D eigenvalue weighted by Crippen LogP contribution is -1.82. The fourth-order valence-electron chi connectivity index (χ4n) is 0.494. The first-order valence-electron chi connectivity index (χ1n) is 3.64. The lowest BCUT2D eigenvalue weighted by Gasteiger charge is -1.91. The number of nitrogens with zero attached hydrogens (tertiary/aromatic N) is 1. The van der Waals surface area contributed by atoms with Crippen LogP contribution in [-0.4, -0.2) is 16.7 Å². The Morgan fingerprint density at radius 2 is 2.33 bits per heavy atom. The van der Waals surface area contributed by atoms with Crippen molar-refractivity contribution < 1.29 is 5.11 Å². The minimum Gasteiger partial charge on any atom is -0.392 e. The van der Waals surface area contributed by atoms with E-state index < -0.39 is 0 Å². The van der Waals surface area contributed by atoms with E-state index >= 15 is 0 Å². The molecule has 0 unspecified atom stereocenters. The monoisotopic (exact) mass is 205 g/mol.